The molecular formula is C10H19F3N2O5. The van der Waals surface area contributed by atoms with Gasteiger partial charge in [-0.3, -0.25) is 9.63 Å². The van der Waals surface area contributed by atoms with Crippen LogP contribution >= 0.6 is 0 Å². The Balaban J connectivity index is 0. The van der Waals surface area contributed by atoms with Gasteiger partial charge in [-0.2, -0.15) is 13.2 Å². The van der Waals surface area contributed by atoms with Gasteiger partial charge in [0.2, 0.25) is 0 Å². The van der Waals surface area contributed by atoms with Gasteiger partial charge in [0, 0.05) is 6.04 Å². The predicted octanol–water partition coefficient (Wildman–Crippen LogP) is 0.176. The number of hydroxylamine groups is 1. The number of aliphatic carboxylic acids is 1. The van der Waals surface area contributed by atoms with Crippen molar-refractivity contribution >= 4 is 11.9 Å². The van der Waals surface area contributed by atoms with E-state index in [4.69, 9.17) is 15.6 Å². The molecule has 0 radical (unpaired) electrons. The van der Waals surface area contributed by atoms with Crippen molar-refractivity contribution in [2.75, 3.05) is 7.11 Å². The third kappa shape index (κ3) is 10.5. The highest BCUT2D eigenvalue weighted by atomic mass is 19.4. The Morgan fingerprint density at radius 2 is 1.85 bits per heavy atom. The lowest BCUT2D eigenvalue weighted by atomic mass is 10.1. The first-order valence-electron chi connectivity index (χ1n) is 5.64. The Kier molecular flexibility index (Phi) is 10.9. The summed E-state index contributed by atoms with van der Waals surface area (Å²) >= 11 is 0. The molecule has 2 unspecified atom stereocenters. The van der Waals surface area contributed by atoms with E-state index in [0.717, 1.165) is 12.8 Å². The van der Waals surface area contributed by atoms with Gasteiger partial charge in [0.05, 0.1) is 7.11 Å². The summed E-state index contributed by atoms with van der Waals surface area (Å²) in [5.74, 6) is -3.35. The SMILES string of the molecule is CCCCC(N)C(O)C(=O)NOC.O=C(O)C(F)(F)F. The van der Waals surface area contributed by atoms with Crippen molar-refractivity contribution in [2.45, 2.75) is 44.5 Å². The van der Waals surface area contributed by atoms with Crippen molar-refractivity contribution in [3.63, 3.8) is 0 Å². The van der Waals surface area contributed by atoms with Crippen LogP contribution in [0.25, 0.3) is 0 Å². The first-order valence-corrected chi connectivity index (χ1v) is 5.64. The lowest BCUT2D eigenvalue weighted by Crippen LogP contribution is -2.46. The monoisotopic (exact) mass is 304 g/mol. The number of amides is 1. The van der Waals surface area contributed by atoms with Gasteiger partial charge in [0.15, 0.2) is 0 Å². The Hall–Kier alpha value is -1.39. The molecule has 0 bridgehead atoms. The maximum Gasteiger partial charge on any atom is 0.490 e. The number of halogens is 3. The molecule has 0 heterocycles. The van der Waals surface area contributed by atoms with Crippen molar-refractivity contribution in [3.8, 4) is 0 Å². The number of carboxylic acids is 1. The molecule has 1 amide bonds. The molecule has 0 aliphatic heterocycles. The molecule has 10 heteroatoms. The van der Waals surface area contributed by atoms with Crippen LogP contribution in [0.15, 0.2) is 0 Å². The summed E-state index contributed by atoms with van der Waals surface area (Å²) in [5, 5.41) is 16.5. The van der Waals surface area contributed by atoms with E-state index in [1.807, 2.05) is 12.4 Å². The van der Waals surface area contributed by atoms with Crippen molar-refractivity contribution in [3.05, 3.63) is 0 Å². The number of carboxylic acid groups (broad SMARTS) is 1. The van der Waals surface area contributed by atoms with Crippen LogP contribution in [0.4, 0.5) is 13.2 Å². The molecule has 0 rings (SSSR count). The zero-order valence-electron chi connectivity index (χ0n) is 11.1. The first kappa shape index (κ1) is 20.9. The minimum atomic E-state index is -5.08. The second-order valence-electron chi connectivity index (χ2n) is 3.72. The number of nitrogens with two attached hydrogens (primary N) is 1. The quantitative estimate of drug-likeness (QED) is 0.519. The van der Waals surface area contributed by atoms with E-state index in [1.165, 1.54) is 7.11 Å². The maximum absolute atomic E-state index is 11.0. The van der Waals surface area contributed by atoms with E-state index >= 15 is 0 Å². The molecule has 0 aromatic rings. The smallest absolute Gasteiger partial charge is 0.475 e. The molecule has 20 heavy (non-hydrogen) atoms. The summed E-state index contributed by atoms with van der Waals surface area (Å²) < 4.78 is 31.7. The fourth-order valence-electron chi connectivity index (χ4n) is 0.953. The number of hydrogen-bond acceptors (Lipinski definition) is 5. The molecule has 0 aromatic carbocycles. The number of aliphatic hydroxyl groups excluding tert-OH is 1. The fourth-order valence-corrected chi connectivity index (χ4v) is 0.953. The van der Waals surface area contributed by atoms with Crippen LogP contribution in [0.3, 0.4) is 0 Å². The van der Waals surface area contributed by atoms with Crippen LogP contribution in [-0.4, -0.2) is 47.5 Å². The van der Waals surface area contributed by atoms with E-state index < -0.39 is 30.2 Å². The minimum absolute atomic E-state index is 0.518. The van der Waals surface area contributed by atoms with E-state index in [9.17, 15) is 23.1 Å². The Morgan fingerprint density at radius 3 is 2.15 bits per heavy atom. The van der Waals surface area contributed by atoms with Crippen LogP contribution in [0.2, 0.25) is 0 Å². The van der Waals surface area contributed by atoms with Gasteiger partial charge >= 0.3 is 12.1 Å². The second-order valence-corrected chi connectivity index (χ2v) is 3.72. The number of rotatable bonds is 6. The Labute approximate surface area is 113 Å². The first-order chi connectivity index (χ1) is 9.07. The van der Waals surface area contributed by atoms with E-state index in [1.54, 1.807) is 0 Å². The van der Waals surface area contributed by atoms with Crippen molar-refractivity contribution in [1.82, 2.24) is 5.48 Å². The summed E-state index contributed by atoms with van der Waals surface area (Å²) in [5.41, 5.74) is 7.60. The molecule has 0 aliphatic rings. The summed E-state index contributed by atoms with van der Waals surface area (Å²) in [4.78, 5) is 24.2. The van der Waals surface area contributed by atoms with E-state index in [2.05, 4.69) is 4.84 Å². The molecule has 120 valence electrons. The average Bonchev–Trinajstić information content (AvgIpc) is 2.34. The minimum Gasteiger partial charge on any atom is -0.475 e. The van der Waals surface area contributed by atoms with E-state index in [-0.39, 0.29) is 0 Å². The topological polar surface area (TPSA) is 122 Å². The number of carbonyl (C=O) groups is 2. The van der Waals surface area contributed by atoms with Crippen molar-refractivity contribution in [2.24, 2.45) is 5.73 Å². The van der Waals surface area contributed by atoms with Crippen LogP contribution in [0, 0.1) is 0 Å². The van der Waals surface area contributed by atoms with Gasteiger partial charge < -0.3 is 15.9 Å². The summed E-state index contributed by atoms with van der Waals surface area (Å²) in [6.07, 6.45) is -3.74. The van der Waals surface area contributed by atoms with Gasteiger partial charge in [0.1, 0.15) is 6.10 Å². The van der Waals surface area contributed by atoms with Crippen molar-refractivity contribution < 1.29 is 37.8 Å². The van der Waals surface area contributed by atoms with Gasteiger partial charge in [-0.25, -0.2) is 10.3 Å². The molecule has 5 N–H and O–H groups in total. The highest BCUT2D eigenvalue weighted by Crippen LogP contribution is 2.13. The fraction of sp³-hybridized carbons (Fsp3) is 0.800. The number of nitrogens with one attached hydrogen (secondary N) is 1. The van der Waals surface area contributed by atoms with E-state index in [0.29, 0.717) is 6.42 Å². The third-order valence-corrected chi connectivity index (χ3v) is 2.01. The molecule has 0 aromatic heterocycles. The number of aliphatic hydroxyl groups is 1. The molecule has 7 nitrogen and oxygen atoms in total. The molecule has 0 saturated heterocycles. The zero-order chi connectivity index (χ0) is 16.3. The highest BCUT2D eigenvalue weighted by Gasteiger charge is 2.38. The largest absolute Gasteiger partial charge is 0.490 e. The highest BCUT2D eigenvalue weighted by molar-refractivity contribution is 5.80. The number of unbranched alkanes of at least 4 members (excludes halogenated alkanes) is 1. The van der Waals surface area contributed by atoms with Crippen LogP contribution in [0.5, 0.6) is 0 Å². The molecule has 0 fully saturated rings. The molecule has 0 spiro atoms. The van der Waals surface area contributed by atoms with Gasteiger partial charge in [0.25, 0.3) is 5.91 Å². The summed E-state index contributed by atoms with van der Waals surface area (Å²) in [6, 6.07) is -0.518. The van der Waals surface area contributed by atoms with Gasteiger partial charge in [-0.1, -0.05) is 19.8 Å². The molecule has 0 aliphatic carbocycles. The van der Waals surface area contributed by atoms with Crippen molar-refractivity contribution in [1.29, 1.82) is 0 Å². The lowest BCUT2D eigenvalue weighted by molar-refractivity contribution is -0.192. The van der Waals surface area contributed by atoms with Gasteiger partial charge in [-0.15, -0.1) is 0 Å². The molecular weight excluding hydrogens is 285 g/mol. The predicted molar refractivity (Wildman–Crippen MR) is 62.3 cm³/mol. The number of hydrogen-bond donors (Lipinski definition) is 4. The van der Waals surface area contributed by atoms with Crippen LogP contribution in [0.1, 0.15) is 26.2 Å². The van der Waals surface area contributed by atoms with Crippen LogP contribution in [-0.2, 0) is 14.4 Å². The summed E-state index contributed by atoms with van der Waals surface area (Å²) in [7, 11) is 1.31. The molecule has 2 atom stereocenters. The number of alkyl halides is 3. The van der Waals surface area contributed by atoms with Crippen LogP contribution < -0.4 is 11.2 Å². The molecule has 0 saturated carbocycles. The maximum atomic E-state index is 11.0. The zero-order valence-corrected chi connectivity index (χ0v) is 11.1. The standard InChI is InChI=1S/C8H18N2O3.C2HF3O2/c1-3-4-5-6(9)7(11)8(12)10-13-2;3-2(4,5)1(6)7/h6-7,11H,3-5,9H2,1-2H3,(H,10,12);(H,6,7). The number of carbonyl (C=O) groups excluding carboxylic acids is 1. The lowest BCUT2D eigenvalue weighted by Gasteiger charge is -2.16. The normalized spacial score (nSPS) is 13.8. The third-order valence-electron chi connectivity index (χ3n) is 2.01. The van der Waals surface area contributed by atoms with Gasteiger partial charge in [-0.05, 0) is 6.42 Å². The summed E-state index contributed by atoms with van der Waals surface area (Å²) in [6.45, 7) is 2.02. The second kappa shape index (κ2) is 10.4. The Bertz CT molecular complexity index is 299. The average molecular weight is 304 g/mol. The Morgan fingerprint density at radius 1 is 1.40 bits per heavy atom.